The Bertz CT molecular complexity index is 426. The van der Waals surface area contributed by atoms with E-state index in [0.717, 1.165) is 0 Å². The molecule has 14 heavy (non-hydrogen) atoms. The van der Waals surface area contributed by atoms with Crippen molar-refractivity contribution in [3.8, 4) is 0 Å². The number of aliphatic hydroxyl groups excluding tert-OH is 1. The van der Waals surface area contributed by atoms with E-state index < -0.39 is 17.8 Å². The van der Waals surface area contributed by atoms with Gasteiger partial charge in [-0.15, -0.1) is 0 Å². The highest BCUT2D eigenvalue weighted by molar-refractivity contribution is 6.05. The summed E-state index contributed by atoms with van der Waals surface area (Å²) in [5, 5.41) is 9.97. The topological polar surface area (TPSA) is 49.8 Å². The van der Waals surface area contributed by atoms with Gasteiger partial charge in [0.2, 0.25) is 0 Å². The van der Waals surface area contributed by atoms with Crippen LogP contribution in [0.1, 0.15) is 28.9 Å². The van der Waals surface area contributed by atoms with Crippen LogP contribution in [0.5, 0.6) is 0 Å². The summed E-state index contributed by atoms with van der Waals surface area (Å²) >= 11 is 0. The number of Topliss-reactive ketones (excluding diaryl/α,β-unsaturated/α-hetero) is 1. The molecular formula is C11H10O3. The predicted molar refractivity (Wildman–Crippen MR) is 49.0 cm³/mol. The Kier molecular flexibility index (Phi) is 1.30. The van der Waals surface area contributed by atoms with Gasteiger partial charge in [-0.05, 0) is 12.5 Å². The third-order valence-electron chi connectivity index (χ3n) is 3.14. The lowest BCUT2D eigenvalue weighted by Crippen LogP contribution is -2.32. The molecule has 0 amide bonds. The third kappa shape index (κ3) is 0.768. The first kappa shape index (κ1) is 8.15. The van der Waals surface area contributed by atoms with Gasteiger partial charge in [0.1, 0.15) is 11.7 Å². The van der Waals surface area contributed by atoms with Gasteiger partial charge in [0.05, 0.1) is 0 Å². The summed E-state index contributed by atoms with van der Waals surface area (Å²) in [6.45, 7) is 1.77. The first-order chi connectivity index (χ1) is 6.64. The monoisotopic (exact) mass is 190 g/mol. The van der Waals surface area contributed by atoms with Gasteiger partial charge in [-0.2, -0.15) is 0 Å². The average molecular weight is 190 g/mol. The summed E-state index contributed by atoms with van der Waals surface area (Å²) in [5.41, 5.74) is 0.611. The summed E-state index contributed by atoms with van der Waals surface area (Å²) in [6, 6.07) is 7.14. The SMILES string of the molecule is C[C@@]12O[C@@H]1C(=O)c1ccccc1[C@@H]2O. The Morgan fingerprint density at radius 2 is 2.14 bits per heavy atom. The predicted octanol–water partition coefficient (Wildman–Crippen LogP) is 1.07. The summed E-state index contributed by atoms with van der Waals surface area (Å²) in [7, 11) is 0. The second-order valence-corrected chi connectivity index (χ2v) is 4.04. The maximum atomic E-state index is 11.8. The van der Waals surface area contributed by atoms with Crippen LogP contribution in [0, 0.1) is 0 Å². The summed E-state index contributed by atoms with van der Waals surface area (Å²) in [6.07, 6.45) is -1.12. The van der Waals surface area contributed by atoms with Crippen molar-refractivity contribution in [2.75, 3.05) is 0 Å². The third-order valence-corrected chi connectivity index (χ3v) is 3.14. The molecule has 1 N–H and O–H groups in total. The van der Waals surface area contributed by atoms with E-state index in [2.05, 4.69) is 0 Å². The van der Waals surface area contributed by atoms with Gasteiger partial charge >= 0.3 is 0 Å². The minimum Gasteiger partial charge on any atom is -0.385 e. The van der Waals surface area contributed by atoms with Crippen LogP contribution in [0.2, 0.25) is 0 Å². The van der Waals surface area contributed by atoms with Gasteiger partial charge in [-0.3, -0.25) is 4.79 Å². The summed E-state index contributed by atoms with van der Waals surface area (Å²) in [4.78, 5) is 11.8. The number of ether oxygens (including phenoxy) is 1. The molecule has 0 bridgehead atoms. The van der Waals surface area contributed by atoms with Crippen molar-refractivity contribution in [2.24, 2.45) is 0 Å². The molecule has 1 aromatic rings. The number of aliphatic hydroxyl groups is 1. The zero-order valence-corrected chi connectivity index (χ0v) is 7.73. The van der Waals surface area contributed by atoms with E-state index in [1.807, 2.05) is 6.07 Å². The lowest BCUT2D eigenvalue weighted by Gasteiger charge is -2.22. The van der Waals surface area contributed by atoms with E-state index in [-0.39, 0.29) is 5.78 Å². The van der Waals surface area contributed by atoms with Crippen LogP contribution in [0.25, 0.3) is 0 Å². The Morgan fingerprint density at radius 3 is 2.93 bits per heavy atom. The van der Waals surface area contributed by atoms with Crippen molar-refractivity contribution < 1.29 is 14.6 Å². The number of rotatable bonds is 0. The quantitative estimate of drug-likeness (QED) is 0.622. The second-order valence-electron chi connectivity index (χ2n) is 4.04. The van der Waals surface area contributed by atoms with Crippen LogP contribution >= 0.6 is 0 Å². The van der Waals surface area contributed by atoms with E-state index in [1.165, 1.54) is 0 Å². The van der Waals surface area contributed by atoms with Crippen molar-refractivity contribution in [2.45, 2.75) is 24.7 Å². The van der Waals surface area contributed by atoms with Crippen molar-refractivity contribution in [3.63, 3.8) is 0 Å². The normalized spacial score (nSPS) is 38.9. The smallest absolute Gasteiger partial charge is 0.195 e. The highest BCUT2D eigenvalue weighted by Crippen LogP contribution is 2.52. The van der Waals surface area contributed by atoms with Crippen molar-refractivity contribution in [3.05, 3.63) is 35.4 Å². The molecule has 1 fully saturated rings. The molecule has 1 saturated heterocycles. The van der Waals surface area contributed by atoms with Gasteiger partial charge in [-0.25, -0.2) is 0 Å². The molecule has 1 heterocycles. The fourth-order valence-electron chi connectivity index (χ4n) is 2.15. The molecule has 0 aromatic heterocycles. The van der Waals surface area contributed by atoms with Crippen LogP contribution in [0.4, 0.5) is 0 Å². The molecular weight excluding hydrogens is 180 g/mol. The minimum absolute atomic E-state index is 0.00611. The number of carbonyl (C=O) groups excluding carboxylic acids is 1. The van der Waals surface area contributed by atoms with Crippen LogP contribution < -0.4 is 0 Å². The molecule has 3 atom stereocenters. The zero-order valence-electron chi connectivity index (χ0n) is 7.73. The molecule has 1 aliphatic heterocycles. The summed E-state index contributed by atoms with van der Waals surface area (Å²) in [5.74, 6) is -0.00611. The Balaban J connectivity index is 2.22. The van der Waals surface area contributed by atoms with Crippen molar-refractivity contribution >= 4 is 5.78 Å². The molecule has 3 heteroatoms. The first-order valence-corrected chi connectivity index (χ1v) is 4.63. The number of hydrogen-bond acceptors (Lipinski definition) is 3. The van der Waals surface area contributed by atoms with Crippen LogP contribution in [-0.4, -0.2) is 22.6 Å². The second kappa shape index (κ2) is 2.24. The van der Waals surface area contributed by atoms with E-state index in [0.29, 0.717) is 11.1 Å². The highest BCUT2D eigenvalue weighted by Gasteiger charge is 2.65. The number of fused-ring (bicyclic) bond motifs is 2. The Hall–Kier alpha value is -1.19. The molecule has 3 rings (SSSR count). The largest absolute Gasteiger partial charge is 0.385 e. The van der Waals surface area contributed by atoms with Crippen molar-refractivity contribution in [1.29, 1.82) is 0 Å². The molecule has 1 aliphatic carbocycles. The van der Waals surface area contributed by atoms with E-state index in [1.54, 1.807) is 25.1 Å². The van der Waals surface area contributed by atoms with Gasteiger partial charge < -0.3 is 9.84 Å². The van der Waals surface area contributed by atoms with Crippen LogP contribution in [-0.2, 0) is 4.74 Å². The van der Waals surface area contributed by atoms with Gasteiger partial charge in [0.25, 0.3) is 0 Å². The van der Waals surface area contributed by atoms with E-state index >= 15 is 0 Å². The van der Waals surface area contributed by atoms with E-state index in [4.69, 9.17) is 4.74 Å². The van der Waals surface area contributed by atoms with Crippen molar-refractivity contribution in [1.82, 2.24) is 0 Å². The molecule has 2 aliphatic rings. The number of epoxide rings is 1. The fourth-order valence-corrected chi connectivity index (χ4v) is 2.15. The maximum Gasteiger partial charge on any atom is 0.195 e. The number of ketones is 1. The molecule has 0 unspecified atom stereocenters. The molecule has 0 spiro atoms. The fraction of sp³-hybridized carbons (Fsp3) is 0.364. The molecule has 0 saturated carbocycles. The minimum atomic E-state index is -0.679. The number of benzene rings is 1. The van der Waals surface area contributed by atoms with E-state index in [9.17, 15) is 9.90 Å². The highest BCUT2D eigenvalue weighted by atomic mass is 16.6. The Morgan fingerprint density at radius 1 is 1.43 bits per heavy atom. The maximum absolute atomic E-state index is 11.8. The van der Waals surface area contributed by atoms with Gasteiger partial charge in [-0.1, -0.05) is 24.3 Å². The van der Waals surface area contributed by atoms with Crippen LogP contribution in [0.3, 0.4) is 0 Å². The zero-order chi connectivity index (χ0) is 9.92. The van der Waals surface area contributed by atoms with Gasteiger partial charge in [0.15, 0.2) is 11.9 Å². The van der Waals surface area contributed by atoms with Gasteiger partial charge in [0, 0.05) is 5.56 Å². The number of hydrogen-bond donors (Lipinski definition) is 1. The lowest BCUT2D eigenvalue weighted by molar-refractivity contribution is 0.0811. The summed E-state index contributed by atoms with van der Waals surface area (Å²) < 4.78 is 5.27. The average Bonchev–Trinajstić information content (AvgIpc) is 2.89. The lowest BCUT2D eigenvalue weighted by atomic mass is 9.82. The number of carbonyl (C=O) groups is 1. The molecule has 3 nitrogen and oxygen atoms in total. The molecule has 0 radical (unpaired) electrons. The standard InChI is InChI=1S/C11H10O3/c1-11-9(13)7-5-3-2-4-6(7)8(12)10(11)14-11/h2-5,9-10,13H,1H3/t9-,10+,11-/m0/s1. The van der Waals surface area contributed by atoms with Crippen LogP contribution in [0.15, 0.2) is 24.3 Å². The molecule has 1 aromatic carbocycles. The first-order valence-electron chi connectivity index (χ1n) is 4.63. The Labute approximate surface area is 81.3 Å². The molecule has 72 valence electrons.